The Morgan fingerprint density at radius 2 is 1.74 bits per heavy atom. The van der Waals surface area contributed by atoms with Crippen molar-refractivity contribution in [2.45, 2.75) is 138 Å². The highest BCUT2D eigenvalue weighted by molar-refractivity contribution is 7.91. The molecule has 57 heavy (non-hydrogen) atoms. The van der Waals surface area contributed by atoms with E-state index in [-0.39, 0.29) is 37.3 Å². The van der Waals surface area contributed by atoms with Gasteiger partial charge in [-0.2, -0.15) is 0 Å². The number of hydrogen-bond donors (Lipinski definition) is 3. The van der Waals surface area contributed by atoms with Crippen LogP contribution in [0.2, 0.25) is 0 Å². The molecule has 0 radical (unpaired) electrons. The van der Waals surface area contributed by atoms with Crippen molar-refractivity contribution in [3.8, 4) is 11.5 Å². The number of nitrogens with zero attached hydrogens (tertiary/aromatic N) is 2. The maximum Gasteiger partial charge on any atom is 0.408 e. The van der Waals surface area contributed by atoms with Crippen molar-refractivity contribution >= 4 is 44.7 Å². The molecule has 1 aromatic heterocycles. The maximum absolute atomic E-state index is 14.9. The summed E-state index contributed by atoms with van der Waals surface area (Å²) in [5.41, 5.74) is 0.0623. The Kier molecular flexibility index (Phi) is 11.1. The summed E-state index contributed by atoms with van der Waals surface area (Å²) in [5, 5.41) is 6.03. The number of hydrogen-bond acceptors (Lipinski definition) is 10. The van der Waals surface area contributed by atoms with E-state index in [9.17, 15) is 27.6 Å². The normalized spacial score (nSPS) is 31.1. The quantitative estimate of drug-likeness (QED) is 0.313. The van der Waals surface area contributed by atoms with Gasteiger partial charge >= 0.3 is 6.09 Å². The topological polar surface area (TPSA) is 182 Å². The molecule has 1 saturated heterocycles. The van der Waals surface area contributed by atoms with Crippen LogP contribution in [0.5, 0.6) is 11.5 Å². The van der Waals surface area contributed by atoms with Gasteiger partial charge in [-0.05, 0) is 107 Å². The number of carbonyl (C=O) groups excluding carboxylic acids is 4. The summed E-state index contributed by atoms with van der Waals surface area (Å²) < 4.78 is 46.1. The van der Waals surface area contributed by atoms with Crippen LogP contribution in [0.1, 0.15) is 102 Å². The number of ether oxygens (including phenoxy) is 3. The van der Waals surface area contributed by atoms with Crippen LogP contribution in [-0.4, -0.2) is 90.9 Å². The number of sulfonamides is 1. The van der Waals surface area contributed by atoms with Crippen LogP contribution in [0, 0.1) is 17.8 Å². The average molecular weight is 806 g/mol. The fourth-order valence-electron chi connectivity index (χ4n) is 9.67. The van der Waals surface area contributed by atoms with Crippen LogP contribution in [0.25, 0.3) is 10.9 Å². The Morgan fingerprint density at radius 3 is 2.47 bits per heavy atom. The van der Waals surface area contributed by atoms with Crippen molar-refractivity contribution in [1.29, 1.82) is 0 Å². The van der Waals surface area contributed by atoms with E-state index in [1.54, 1.807) is 7.11 Å². The van der Waals surface area contributed by atoms with Crippen molar-refractivity contribution in [3.05, 3.63) is 42.6 Å². The minimum Gasteiger partial charge on any atom is -0.497 e. The van der Waals surface area contributed by atoms with Crippen molar-refractivity contribution in [3.63, 3.8) is 0 Å². The summed E-state index contributed by atoms with van der Waals surface area (Å²) in [4.78, 5) is 63.2. The van der Waals surface area contributed by atoms with E-state index < -0.39 is 68.7 Å². The van der Waals surface area contributed by atoms with Gasteiger partial charge in [0.15, 0.2) is 0 Å². The molecule has 0 unspecified atom stereocenters. The van der Waals surface area contributed by atoms with Crippen molar-refractivity contribution in [2.24, 2.45) is 17.8 Å². The molecule has 5 fully saturated rings. The molecule has 4 saturated carbocycles. The average Bonchev–Trinajstić information content (AvgIpc) is 3.98. The van der Waals surface area contributed by atoms with E-state index >= 15 is 0 Å². The zero-order valence-corrected chi connectivity index (χ0v) is 33.5. The first-order valence-electron chi connectivity index (χ1n) is 20.9. The van der Waals surface area contributed by atoms with E-state index in [1.165, 1.54) is 11.0 Å². The van der Waals surface area contributed by atoms with Gasteiger partial charge in [-0.15, -0.1) is 6.58 Å². The number of carbonyl (C=O) groups is 4. The van der Waals surface area contributed by atoms with Crippen LogP contribution < -0.4 is 24.8 Å². The molecule has 1 aromatic carbocycles. The summed E-state index contributed by atoms with van der Waals surface area (Å²) in [7, 11) is -2.29. The molecule has 4 aliphatic carbocycles. The van der Waals surface area contributed by atoms with Gasteiger partial charge in [0.2, 0.25) is 21.8 Å². The lowest BCUT2D eigenvalue weighted by atomic mass is 9.96. The number of rotatable bonds is 8. The van der Waals surface area contributed by atoms with Crippen molar-refractivity contribution in [1.82, 2.24) is 25.2 Å². The number of aryl methyl sites for hydroxylation is 1. The second kappa shape index (κ2) is 16.1. The van der Waals surface area contributed by atoms with Crippen LogP contribution in [-0.2, 0) is 35.6 Å². The first-order chi connectivity index (χ1) is 27.5. The molecule has 3 heterocycles. The molecule has 4 amide bonds. The minimum atomic E-state index is -3.89. The molecule has 14 nitrogen and oxygen atoms in total. The second-order valence-corrected chi connectivity index (χ2v) is 19.0. The smallest absolute Gasteiger partial charge is 0.408 e. The first kappa shape index (κ1) is 39.4. The summed E-state index contributed by atoms with van der Waals surface area (Å²) in [6.07, 6.45) is 11.8. The largest absolute Gasteiger partial charge is 0.497 e. The van der Waals surface area contributed by atoms with Gasteiger partial charge in [-0.3, -0.25) is 19.1 Å². The fourth-order valence-corrected chi connectivity index (χ4v) is 11.0. The Hall–Kier alpha value is -4.40. The Labute approximate surface area is 334 Å². The van der Waals surface area contributed by atoms with E-state index in [4.69, 9.17) is 19.2 Å². The van der Waals surface area contributed by atoms with E-state index in [1.807, 2.05) is 24.3 Å². The SMILES string of the molecule is C=C[C@@H]1C[C@]1(NC(=O)[C@@H]1C[C@@H]2CN1C(=O)[C@H](C1CCCC1)NC(=O)O[C@@H]1CCC[C@H]1CCCCCc1nc3ccc(OC)cc3cc1O2)C(=O)NS(=O)(=O)C1CC1. The van der Waals surface area contributed by atoms with Crippen molar-refractivity contribution < 1.29 is 41.8 Å². The molecule has 8 rings (SSSR count). The molecule has 7 atom stereocenters. The van der Waals surface area contributed by atoms with Gasteiger partial charge in [0.25, 0.3) is 5.91 Å². The highest BCUT2D eigenvalue weighted by Gasteiger charge is 2.62. The molecule has 3 N–H and O–H groups in total. The molecule has 308 valence electrons. The number of fused-ring (bicyclic) bond motifs is 5. The Morgan fingerprint density at radius 1 is 0.982 bits per heavy atom. The predicted octanol–water partition coefficient (Wildman–Crippen LogP) is 4.83. The lowest BCUT2D eigenvalue weighted by Crippen LogP contribution is -2.59. The van der Waals surface area contributed by atoms with Gasteiger partial charge in [0.05, 0.1) is 30.1 Å². The second-order valence-electron chi connectivity index (χ2n) is 17.1. The van der Waals surface area contributed by atoms with Gasteiger partial charge in [-0.1, -0.05) is 31.8 Å². The lowest BCUT2D eigenvalue weighted by molar-refractivity contribution is -0.142. The number of amides is 4. The Balaban J connectivity index is 1.13. The van der Waals surface area contributed by atoms with Gasteiger partial charge in [0, 0.05) is 17.7 Å². The molecule has 0 spiro atoms. The number of aromatic nitrogens is 1. The van der Waals surface area contributed by atoms with Crippen LogP contribution in [0.4, 0.5) is 4.79 Å². The highest BCUT2D eigenvalue weighted by atomic mass is 32.2. The zero-order valence-electron chi connectivity index (χ0n) is 32.7. The third-order valence-electron chi connectivity index (χ3n) is 13.2. The number of benzene rings is 1. The third kappa shape index (κ3) is 8.31. The molecular formula is C42H55N5O9S. The van der Waals surface area contributed by atoms with Gasteiger partial charge in [-0.25, -0.2) is 18.2 Å². The summed E-state index contributed by atoms with van der Waals surface area (Å²) in [6, 6.07) is 5.62. The predicted molar refractivity (Wildman–Crippen MR) is 211 cm³/mol. The van der Waals surface area contributed by atoms with Gasteiger partial charge < -0.3 is 29.7 Å². The van der Waals surface area contributed by atoms with E-state index in [0.717, 1.165) is 87.2 Å². The highest BCUT2D eigenvalue weighted by Crippen LogP contribution is 2.46. The monoisotopic (exact) mass is 805 g/mol. The summed E-state index contributed by atoms with van der Waals surface area (Å²) >= 11 is 0. The standard InChI is InChI=1S/C42H55N5O9S/c1-3-28-23-42(28,40(50)46-57(52,53)31-17-18-31)45-38(48)34-22-30-24-47(34)39(49)37(26-11-7-8-12-26)44-41(51)56-35-15-9-13-25(35)10-5-4-6-14-33-36(55-30)21-27-20-29(54-2)16-19-32(27)43-33/h3,16,19-21,25-26,28,30-31,34-35,37H,1,4-15,17-18,22-24H2,2H3,(H,44,51)(H,45,48)(H,46,50)/t25-,28-,30-,34+,35-,37+,42-/m1/s1. The summed E-state index contributed by atoms with van der Waals surface area (Å²) in [5.74, 6) is -0.988. The first-order valence-corrected chi connectivity index (χ1v) is 22.4. The molecule has 2 bridgehead atoms. The van der Waals surface area contributed by atoms with Gasteiger partial charge in [0.1, 0.15) is 41.3 Å². The van der Waals surface area contributed by atoms with E-state index in [2.05, 4.69) is 21.9 Å². The van der Waals surface area contributed by atoms with Crippen molar-refractivity contribution in [2.75, 3.05) is 13.7 Å². The zero-order chi connectivity index (χ0) is 39.9. The number of nitrogens with one attached hydrogen (secondary N) is 3. The molecule has 2 aliphatic heterocycles. The fraction of sp³-hybridized carbons (Fsp3) is 0.643. The molecular weight excluding hydrogens is 751 g/mol. The van der Waals surface area contributed by atoms with E-state index in [0.29, 0.717) is 30.8 Å². The molecule has 6 aliphatic rings. The molecule has 2 aromatic rings. The molecule has 15 heteroatoms. The number of methoxy groups -OCH3 is 1. The number of pyridine rings is 1. The van der Waals surface area contributed by atoms with Crippen LogP contribution in [0.3, 0.4) is 0 Å². The lowest BCUT2D eigenvalue weighted by Gasteiger charge is -2.32. The minimum absolute atomic E-state index is 0.0390. The Bertz CT molecular complexity index is 2020. The maximum atomic E-state index is 14.9. The van der Waals surface area contributed by atoms with Crippen LogP contribution >= 0.6 is 0 Å². The number of alkyl carbamates (subject to hydrolysis) is 1. The van der Waals surface area contributed by atoms with Crippen LogP contribution in [0.15, 0.2) is 36.9 Å². The summed E-state index contributed by atoms with van der Waals surface area (Å²) in [6.45, 7) is 3.86. The third-order valence-corrected chi connectivity index (χ3v) is 15.0.